The molecule has 1 fully saturated rings. The van der Waals surface area contributed by atoms with Gasteiger partial charge < -0.3 is 10.2 Å². The summed E-state index contributed by atoms with van der Waals surface area (Å²) in [6.07, 6.45) is 5.25. The normalized spacial score (nSPS) is 16.5. The van der Waals surface area contributed by atoms with Crippen molar-refractivity contribution in [2.24, 2.45) is 0 Å². The lowest BCUT2D eigenvalue weighted by molar-refractivity contribution is -0.384. The molecular weight excluding hydrogens is 294 g/mol. The van der Waals surface area contributed by atoms with Gasteiger partial charge in [0.25, 0.3) is 11.6 Å². The van der Waals surface area contributed by atoms with E-state index in [1.165, 1.54) is 18.9 Å². The molecule has 1 aromatic carbocycles. The average molecular weight is 319 g/mol. The fourth-order valence-corrected chi connectivity index (χ4v) is 2.80. The maximum absolute atomic E-state index is 12.2. The van der Waals surface area contributed by atoms with Crippen LogP contribution in [-0.4, -0.2) is 30.0 Å². The molecule has 1 saturated heterocycles. The summed E-state index contributed by atoms with van der Waals surface area (Å²) in [7, 11) is 0. The molecule has 0 unspecified atom stereocenters. The van der Waals surface area contributed by atoms with E-state index in [0.717, 1.165) is 32.4 Å². The van der Waals surface area contributed by atoms with E-state index in [2.05, 4.69) is 10.2 Å². The van der Waals surface area contributed by atoms with Crippen molar-refractivity contribution in [1.82, 2.24) is 5.32 Å². The summed E-state index contributed by atoms with van der Waals surface area (Å²) in [6.45, 7) is 5.56. The molecule has 2 rings (SSSR count). The number of hydrogen-bond acceptors (Lipinski definition) is 4. The Labute approximate surface area is 137 Å². The molecule has 0 spiro atoms. The van der Waals surface area contributed by atoms with Crippen molar-refractivity contribution in [2.45, 2.75) is 52.0 Å². The molecule has 1 atom stereocenters. The molecule has 0 aliphatic carbocycles. The highest BCUT2D eigenvalue weighted by Crippen LogP contribution is 2.31. The maximum atomic E-state index is 12.2. The van der Waals surface area contributed by atoms with Crippen LogP contribution in [0.5, 0.6) is 0 Å². The monoisotopic (exact) mass is 319 g/mol. The zero-order valence-corrected chi connectivity index (χ0v) is 13.9. The van der Waals surface area contributed by atoms with E-state index in [0.29, 0.717) is 11.3 Å². The highest BCUT2D eigenvalue weighted by atomic mass is 16.6. The summed E-state index contributed by atoms with van der Waals surface area (Å²) in [5, 5.41) is 14.3. The molecular formula is C17H25N3O3. The summed E-state index contributed by atoms with van der Waals surface area (Å²) in [6, 6.07) is 4.85. The first-order chi connectivity index (χ1) is 11.0. The van der Waals surface area contributed by atoms with Gasteiger partial charge in [-0.1, -0.05) is 19.8 Å². The summed E-state index contributed by atoms with van der Waals surface area (Å²) < 4.78 is 0. The van der Waals surface area contributed by atoms with Gasteiger partial charge in [0.2, 0.25) is 0 Å². The SMILES string of the molecule is CC[C@@H](C)NC(=O)c1ccc(N2CCCCCC2)c([N+](=O)[O-])c1. The van der Waals surface area contributed by atoms with Crippen molar-refractivity contribution in [1.29, 1.82) is 0 Å². The van der Waals surface area contributed by atoms with Gasteiger partial charge in [0.05, 0.1) is 4.92 Å². The summed E-state index contributed by atoms with van der Waals surface area (Å²) in [4.78, 5) is 25.3. The van der Waals surface area contributed by atoms with Crippen molar-refractivity contribution < 1.29 is 9.72 Å². The number of rotatable bonds is 5. The van der Waals surface area contributed by atoms with Crippen molar-refractivity contribution >= 4 is 17.3 Å². The van der Waals surface area contributed by atoms with E-state index >= 15 is 0 Å². The van der Waals surface area contributed by atoms with Gasteiger partial charge in [0.1, 0.15) is 5.69 Å². The van der Waals surface area contributed by atoms with E-state index in [9.17, 15) is 14.9 Å². The van der Waals surface area contributed by atoms with Crippen molar-refractivity contribution in [3.05, 3.63) is 33.9 Å². The smallest absolute Gasteiger partial charge is 0.293 e. The fraction of sp³-hybridized carbons (Fsp3) is 0.588. The summed E-state index contributed by atoms with van der Waals surface area (Å²) in [5.41, 5.74) is 0.983. The molecule has 1 aliphatic rings. The van der Waals surface area contributed by atoms with Crippen LogP contribution in [0.1, 0.15) is 56.3 Å². The van der Waals surface area contributed by atoms with Crippen molar-refractivity contribution in [3.8, 4) is 0 Å². The lowest BCUT2D eigenvalue weighted by atomic mass is 10.1. The lowest BCUT2D eigenvalue weighted by Gasteiger charge is -2.22. The topological polar surface area (TPSA) is 75.5 Å². The molecule has 1 N–H and O–H groups in total. The molecule has 6 nitrogen and oxygen atoms in total. The third-order valence-corrected chi connectivity index (χ3v) is 4.37. The second kappa shape index (κ2) is 7.94. The molecule has 1 aliphatic heterocycles. The van der Waals surface area contributed by atoms with Crippen LogP contribution in [0.4, 0.5) is 11.4 Å². The number of carbonyl (C=O) groups is 1. The molecule has 0 bridgehead atoms. The predicted molar refractivity (Wildman–Crippen MR) is 91.0 cm³/mol. The Hall–Kier alpha value is -2.11. The van der Waals surface area contributed by atoms with Crippen LogP contribution in [0.25, 0.3) is 0 Å². The van der Waals surface area contributed by atoms with Crippen LogP contribution in [0.3, 0.4) is 0 Å². The Bertz CT molecular complexity index is 566. The number of benzene rings is 1. The van der Waals surface area contributed by atoms with Gasteiger partial charge in [0, 0.05) is 30.8 Å². The highest BCUT2D eigenvalue weighted by molar-refractivity contribution is 5.96. The largest absolute Gasteiger partial charge is 0.366 e. The lowest BCUT2D eigenvalue weighted by Crippen LogP contribution is -2.32. The van der Waals surface area contributed by atoms with E-state index in [1.54, 1.807) is 12.1 Å². The fourth-order valence-electron chi connectivity index (χ4n) is 2.80. The number of nitro groups is 1. The molecule has 6 heteroatoms. The number of anilines is 1. The second-order valence-electron chi connectivity index (χ2n) is 6.14. The standard InChI is InChI=1S/C17H25N3O3/c1-3-13(2)18-17(21)14-8-9-15(16(12-14)20(22)23)19-10-6-4-5-7-11-19/h8-9,12-13H,3-7,10-11H2,1-2H3,(H,18,21)/t13-/m1/s1. The minimum atomic E-state index is -0.389. The molecule has 1 aromatic rings. The van der Waals surface area contributed by atoms with E-state index in [4.69, 9.17) is 0 Å². The van der Waals surface area contributed by atoms with Crippen molar-refractivity contribution in [2.75, 3.05) is 18.0 Å². The third-order valence-electron chi connectivity index (χ3n) is 4.37. The quantitative estimate of drug-likeness (QED) is 0.665. The first-order valence-electron chi connectivity index (χ1n) is 8.37. The van der Waals surface area contributed by atoms with E-state index in [1.807, 2.05) is 13.8 Å². The van der Waals surface area contributed by atoms with Crippen LogP contribution in [0.15, 0.2) is 18.2 Å². The third kappa shape index (κ3) is 4.43. The number of nitro benzene ring substituents is 1. The molecule has 126 valence electrons. The minimum Gasteiger partial charge on any atom is -0.366 e. The summed E-state index contributed by atoms with van der Waals surface area (Å²) >= 11 is 0. The Kier molecular flexibility index (Phi) is 5.96. The van der Waals surface area contributed by atoms with Crippen LogP contribution >= 0.6 is 0 Å². The Morgan fingerprint density at radius 2 is 1.96 bits per heavy atom. The number of hydrogen-bond donors (Lipinski definition) is 1. The summed E-state index contributed by atoms with van der Waals surface area (Å²) in [5.74, 6) is -0.259. The van der Waals surface area contributed by atoms with Gasteiger partial charge >= 0.3 is 0 Å². The zero-order valence-electron chi connectivity index (χ0n) is 13.9. The Morgan fingerprint density at radius 1 is 1.30 bits per heavy atom. The predicted octanol–water partition coefficient (Wildman–Crippen LogP) is 3.50. The maximum Gasteiger partial charge on any atom is 0.293 e. The number of carbonyl (C=O) groups excluding carboxylic acids is 1. The Morgan fingerprint density at radius 3 is 2.52 bits per heavy atom. The molecule has 0 radical (unpaired) electrons. The second-order valence-corrected chi connectivity index (χ2v) is 6.14. The number of amides is 1. The van der Waals surface area contributed by atoms with Crippen LogP contribution < -0.4 is 10.2 Å². The van der Waals surface area contributed by atoms with E-state index < -0.39 is 0 Å². The minimum absolute atomic E-state index is 0.0173. The molecule has 0 aromatic heterocycles. The van der Waals surface area contributed by atoms with Gasteiger partial charge in [-0.25, -0.2) is 0 Å². The number of nitrogens with zero attached hydrogens (tertiary/aromatic N) is 2. The zero-order chi connectivity index (χ0) is 16.8. The van der Waals surface area contributed by atoms with Gasteiger partial charge in [0.15, 0.2) is 0 Å². The number of nitrogens with one attached hydrogen (secondary N) is 1. The first kappa shape index (κ1) is 17.2. The molecule has 1 amide bonds. The molecule has 23 heavy (non-hydrogen) atoms. The van der Waals surface area contributed by atoms with Crippen molar-refractivity contribution in [3.63, 3.8) is 0 Å². The van der Waals surface area contributed by atoms with Gasteiger partial charge in [-0.15, -0.1) is 0 Å². The molecule has 1 heterocycles. The average Bonchev–Trinajstić information content (AvgIpc) is 2.83. The van der Waals surface area contributed by atoms with Crippen LogP contribution in [0, 0.1) is 10.1 Å². The van der Waals surface area contributed by atoms with Crippen LogP contribution in [0.2, 0.25) is 0 Å². The molecule has 0 saturated carbocycles. The Balaban J connectivity index is 2.27. The van der Waals surface area contributed by atoms with Gasteiger partial charge in [-0.05, 0) is 38.3 Å². The van der Waals surface area contributed by atoms with Crippen LogP contribution in [-0.2, 0) is 0 Å². The van der Waals surface area contributed by atoms with Gasteiger partial charge in [-0.3, -0.25) is 14.9 Å². The first-order valence-corrected chi connectivity index (χ1v) is 8.37. The van der Waals surface area contributed by atoms with Gasteiger partial charge in [-0.2, -0.15) is 0 Å². The highest BCUT2D eigenvalue weighted by Gasteiger charge is 2.22. The van der Waals surface area contributed by atoms with E-state index in [-0.39, 0.29) is 22.6 Å².